The van der Waals surface area contributed by atoms with Crippen LogP contribution in [0.1, 0.15) is 11.5 Å². The number of benzene rings is 2. The molecule has 0 atom stereocenters. The molecule has 6 heteroatoms. The van der Waals surface area contributed by atoms with E-state index in [1.807, 2.05) is 55.5 Å². The van der Waals surface area contributed by atoms with Crippen LogP contribution in [0.2, 0.25) is 0 Å². The van der Waals surface area contributed by atoms with E-state index in [-0.39, 0.29) is 19.1 Å². The lowest BCUT2D eigenvalue weighted by Gasteiger charge is -2.27. The first kappa shape index (κ1) is 14.4. The van der Waals surface area contributed by atoms with E-state index in [4.69, 9.17) is 9.26 Å². The molecule has 6 nitrogen and oxygen atoms in total. The van der Waals surface area contributed by atoms with Crippen LogP contribution in [0.3, 0.4) is 0 Å². The van der Waals surface area contributed by atoms with Gasteiger partial charge in [-0.15, -0.1) is 0 Å². The largest absolute Gasteiger partial charge is 0.482 e. The third kappa shape index (κ3) is 2.62. The van der Waals surface area contributed by atoms with Gasteiger partial charge in [-0.1, -0.05) is 41.1 Å². The maximum absolute atomic E-state index is 12.2. The molecule has 2 heterocycles. The van der Waals surface area contributed by atoms with Crippen LogP contribution in [0.5, 0.6) is 5.75 Å². The van der Waals surface area contributed by atoms with Crippen molar-refractivity contribution in [2.75, 3.05) is 11.5 Å². The molecule has 3 aromatic rings. The van der Waals surface area contributed by atoms with Gasteiger partial charge in [0.15, 0.2) is 6.61 Å². The fourth-order valence-corrected chi connectivity index (χ4v) is 2.68. The third-order valence-electron chi connectivity index (χ3n) is 3.85. The van der Waals surface area contributed by atoms with Gasteiger partial charge in [-0.05, 0) is 25.1 Å². The lowest BCUT2D eigenvalue weighted by atomic mass is 10.1. The standard InChI is InChI=1S/C18H15N3O3/c1-12-5-4-6-13(9-12)18-19-16(24-20-18)10-21-14-7-2-3-8-15(14)23-11-17(21)22/h2-9H,10-11H2,1H3. The van der Waals surface area contributed by atoms with Gasteiger partial charge in [0.05, 0.1) is 5.69 Å². The molecule has 4 rings (SSSR count). The van der Waals surface area contributed by atoms with Gasteiger partial charge in [0.25, 0.3) is 5.91 Å². The Morgan fingerprint density at radius 3 is 2.92 bits per heavy atom. The molecule has 0 saturated heterocycles. The molecule has 1 aliphatic rings. The Labute approximate surface area is 138 Å². The van der Waals surface area contributed by atoms with Crippen molar-refractivity contribution in [3.63, 3.8) is 0 Å². The first-order valence-corrected chi connectivity index (χ1v) is 7.62. The number of anilines is 1. The number of para-hydroxylation sites is 2. The quantitative estimate of drug-likeness (QED) is 0.742. The highest BCUT2D eigenvalue weighted by atomic mass is 16.5. The summed E-state index contributed by atoms with van der Waals surface area (Å²) in [6.45, 7) is 2.24. The zero-order valence-corrected chi connectivity index (χ0v) is 13.1. The minimum absolute atomic E-state index is 0.00981. The van der Waals surface area contributed by atoms with Gasteiger partial charge >= 0.3 is 0 Å². The molecule has 0 bridgehead atoms. The number of carbonyl (C=O) groups excluding carboxylic acids is 1. The molecular formula is C18H15N3O3. The van der Waals surface area contributed by atoms with E-state index in [1.165, 1.54) is 0 Å². The van der Waals surface area contributed by atoms with Crippen molar-refractivity contribution < 1.29 is 14.1 Å². The van der Waals surface area contributed by atoms with Crippen LogP contribution in [0.4, 0.5) is 5.69 Å². The summed E-state index contributed by atoms with van der Waals surface area (Å²) >= 11 is 0. The molecule has 24 heavy (non-hydrogen) atoms. The molecular weight excluding hydrogens is 306 g/mol. The van der Waals surface area contributed by atoms with E-state index < -0.39 is 0 Å². The number of amides is 1. The Bertz CT molecular complexity index is 904. The molecule has 1 amide bonds. The minimum atomic E-state index is -0.135. The monoisotopic (exact) mass is 321 g/mol. The molecule has 0 fully saturated rings. The molecule has 0 spiro atoms. The van der Waals surface area contributed by atoms with Crippen molar-refractivity contribution in [3.05, 3.63) is 60.0 Å². The second kappa shape index (κ2) is 5.81. The van der Waals surface area contributed by atoms with Crippen LogP contribution >= 0.6 is 0 Å². The fraction of sp³-hybridized carbons (Fsp3) is 0.167. The van der Waals surface area contributed by atoms with Gasteiger partial charge in [-0.25, -0.2) is 0 Å². The average Bonchev–Trinajstić information content (AvgIpc) is 3.06. The Kier molecular flexibility index (Phi) is 3.49. The summed E-state index contributed by atoms with van der Waals surface area (Å²) in [5.41, 5.74) is 2.72. The maximum Gasteiger partial charge on any atom is 0.265 e. The van der Waals surface area contributed by atoms with E-state index in [9.17, 15) is 4.79 Å². The zero-order chi connectivity index (χ0) is 16.5. The number of hydrogen-bond donors (Lipinski definition) is 0. The summed E-state index contributed by atoms with van der Waals surface area (Å²) in [5, 5.41) is 4.02. The molecule has 0 unspecified atom stereocenters. The highest BCUT2D eigenvalue weighted by Gasteiger charge is 2.27. The van der Waals surface area contributed by atoms with Crippen molar-refractivity contribution in [2.24, 2.45) is 0 Å². The number of fused-ring (bicyclic) bond motifs is 1. The topological polar surface area (TPSA) is 68.5 Å². The first-order valence-electron chi connectivity index (χ1n) is 7.62. The number of ether oxygens (including phenoxy) is 1. The van der Waals surface area contributed by atoms with Gasteiger partial charge in [0, 0.05) is 5.56 Å². The van der Waals surface area contributed by atoms with Crippen LogP contribution in [-0.4, -0.2) is 22.7 Å². The van der Waals surface area contributed by atoms with Crippen molar-refractivity contribution in [1.29, 1.82) is 0 Å². The van der Waals surface area contributed by atoms with Crippen molar-refractivity contribution >= 4 is 11.6 Å². The normalized spacial score (nSPS) is 13.5. The van der Waals surface area contributed by atoms with Crippen LogP contribution in [0, 0.1) is 6.92 Å². The van der Waals surface area contributed by atoms with E-state index in [2.05, 4.69) is 10.1 Å². The lowest BCUT2D eigenvalue weighted by Crippen LogP contribution is -2.38. The van der Waals surface area contributed by atoms with E-state index in [0.29, 0.717) is 23.2 Å². The average molecular weight is 321 g/mol. The Morgan fingerprint density at radius 2 is 2.04 bits per heavy atom. The molecule has 0 N–H and O–H groups in total. The SMILES string of the molecule is Cc1cccc(-c2noc(CN3C(=O)COc4ccccc43)n2)c1. The molecule has 0 saturated carbocycles. The van der Waals surface area contributed by atoms with Crippen LogP contribution in [0.15, 0.2) is 53.1 Å². The van der Waals surface area contributed by atoms with E-state index in [0.717, 1.165) is 11.1 Å². The van der Waals surface area contributed by atoms with Crippen molar-refractivity contribution in [2.45, 2.75) is 13.5 Å². The smallest absolute Gasteiger partial charge is 0.265 e. The molecule has 0 radical (unpaired) electrons. The van der Waals surface area contributed by atoms with Crippen molar-refractivity contribution in [1.82, 2.24) is 10.1 Å². The van der Waals surface area contributed by atoms with Crippen LogP contribution in [0.25, 0.3) is 11.4 Å². The zero-order valence-electron chi connectivity index (χ0n) is 13.1. The van der Waals surface area contributed by atoms with E-state index >= 15 is 0 Å². The highest BCUT2D eigenvalue weighted by Crippen LogP contribution is 2.32. The highest BCUT2D eigenvalue weighted by molar-refractivity contribution is 5.97. The minimum Gasteiger partial charge on any atom is -0.482 e. The molecule has 120 valence electrons. The molecule has 1 aliphatic heterocycles. The van der Waals surface area contributed by atoms with Gasteiger partial charge in [-0.3, -0.25) is 9.69 Å². The number of hydrogen-bond acceptors (Lipinski definition) is 5. The third-order valence-corrected chi connectivity index (χ3v) is 3.85. The number of nitrogens with zero attached hydrogens (tertiary/aromatic N) is 3. The number of aryl methyl sites for hydroxylation is 1. The second-order valence-electron chi connectivity index (χ2n) is 5.62. The Hall–Kier alpha value is -3.15. The predicted octanol–water partition coefficient (Wildman–Crippen LogP) is 2.97. The van der Waals surface area contributed by atoms with Crippen molar-refractivity contribution in [3.8, 4) is 17.1 Å². The summed E-state index contributed by atoms with van der Waals surface area (Å²) in [5.74, 6) is 1.44. The predicted molar refractivity (Wildman–Crippen MR) is 87.6 cm³/mol. The molecule has 0 aliphatic carbocycles. The van der Waals surface area contributed by atoms with Gasteiger partial charge in [0.2, 0.25) is 11.7 Å². The lowest BCUT2D eigenvalue weighted by molar-refractivity contribution is -0.121. The van der Waals surface area contributed by atoms with E-state index in [1.54, 1.807) is 4.90 Å². The second-order valence-corrected chi connectivity index (χ2v) is 5.62. The van der Waals surface area contributed by atoms with Crippen LogP contribution in [-0.2, 0) is 11.3 Å². The van der Waals surface area contributed by atoms with Crippen LogP contribution < -0.4 is 9.64 Å². The number of rotatable bonds is 3. The summed E-state index contributed by atoms with van der Waals surface area (Å²) in [4.78, 5) is 18.2. The summed E-state index contributed by atoms with van der Waals surface area (Å²) in [7, 11) is 0. The first-order chi connectivity index (χ1) is 11.7. The summed E-state index contributed by atoms with van der Waals surface area (Å²) in [6, 6.07) is 15.3. The fourth-order valence-electron chi connectivity index (χ4n) is 2.68. The summed E-state index contributed by atoms with van der Waals surface area (Å²) < 4.78 is 10.8. The Morgan fingerprint density at radius 1 is 1.17 bits per heavy atom. The summed E-state index contributed by atoms with van der Waals surface area (Å²) in [6.07, 6.45) is 0. The number of aromatic nitrogens is 2. The Balaban J connectivity index is 1.61. The number of carbonyl (C=O) groups is 1. The maximum atomic E-state index is 12.2. The molecule has 1 aromatic heterocycles. The van der Waals surface area contributed by atoms with Gasteiger partial charge < -0.3 is 9.26 Å². The van der Waals surface area contributed by atoms with Gasteiger partial charge in [0.1, 0.15) is 12.3 Å². The van der Waals surface area contributed by atoms with Gasteiger partial charge in [-0.2, -0.15) is 4.98 Å². The molecule has 2 aromatic carbocycles.